The number of aryl methyl sites for hydroxylation is 1. The molecule has 0 unspecified atom stereocenters. The van der Waals surface area contributed by atoms with Gasteiger partial charge in [0.15, 0.2) is 5.75 Å². The summed E-state index contributed by atoms with van der Waals surface area (Å²) in [5, 5.41) is 0. The first-order chi connectivity index (χ1) is 7.58. The van der Waals surface area contributed by atoms with Crippen LogP contribution in [-0.4, -0.2) is 13.3 Å². The highest BCUT2D eigenvalue weighted by Crippen LogP contribution is 2.35. The molecule has 0 atom stereocenters. The predicted molar refractivity (Wildman–Crippen MR) is 68.9 cm³/mol. The predicted octanol–water partition coefficient (Wildman–Crippen LogP) is 4.31. The van der Waals surface area contributed by atoms with Gasteiger partial charge in [0, 0.05) is 0 Å². The number of carbonyl (C=O) groups is 1. The average Bonchev–Trinajstić information content (AvgIpc) is 2.23. The van der Waals surface area contributed by atoms with E-state index in [9.17, 15) is 4.79 Å². The van der Waals surface area contributed by atoms with Gasteiger partial charge >= 0.3 is 6.16 Å². The van der Waals surface area contributed by atoms with Crippen molar-refractivity contribution in [1.29, 1.82) is 0 Å². The second-order valence-corrected chi connectivity index (χ2v) is 4.90. The maximum absolute atomic E-state index is 11.0. The van der Waals surface area contributed by atoms with Crippen molar-refractivity contribution in [3.63, 3.8) is 0 Å². The second-order valence-electron chi connectivity index (χ2n) is 3.19. The number of methoxy groups -OCH3 is 1. The molecule has 0 saturated heterocycles. The number of hydrogen-bond donors (Lipinski definition) is 0. The molecule has 0 aliphatic carbocycles. The Morgan fingerprint density at radius 2 is 1.88 bits per heavy atom. The molecule has 0 saturated carbocycles. The maximum atomic E-state index is 11.0. The van der Waals surface area contributed by atoms with Crippen molar-refractivity contribution in [1.82, 2.24) is 0 Å². The molecule has 1 aromatic rings. The van der Waals surface area contributed by atoms with Gasteiger partial charge in [-0.05, 0) is 56.0 Å². The number of halogens is 2. The minimum atomic E-state index is -0.732. The normalized spacial score (nSPS) is 10.0. The summed E-state index contributed by atoms with van der Waals surface area (Å²) in [6, 6.07) is 3.87. The minimum absolute atomic E-state index is 0.437. The SMILES string of the molecule is CCCc1cc(Br)c(OC(=O)OC)c(Br)c1. The first-order valence-corrected chi connectivity index (χ1v) is 6.40. The van der Waals surface area contributed by atoms with E-state index >= 15 is 0 Å². The van der Waals surface area contributed by atoms with Crippen molar-refractivity contribution in [2.24, 2.45) is 0 Å². The van der Waals surface area contributed by atoms with Gasteiger partial charge in [-0.25, -0.2) is 4.79 Å². The molecule has 0 spiro atoms. The summed E-state index contributed by atoms with van der Waals surface area (Å²) in [4.78, 5) is 11.0. The van der Waals surface area contributed by atoms with E-state index < -0.39 is 6.16 Å². The Balaban J connectivity index is 2.98. The summed E-state index contributed by atoms with van der Waals surface area (Å²) in [5.74, 6) is 0.437. The van der Waals surface area contributed by atoms with Crippen LogP contribution in [-0.2, 0) is 11.2 Å². The smallest absolute Gasteiger partial charge is 0.437 e. The molecule has 1 aromatic carbocycles. The van der Waals surface area contributed by atoms with Crippen molar-refractivity contribution in [2.75, 3.05) is 7.11 Å². The fourth-order valence-corrected chi connectivity index (χ4v) is 2.71. The molecule has 5 heteroatoms. The zero-order chi connectivity index (χ0) is 12.1. The number of hydrogen-bond acceptors (Lipinski definition) is 3. The van der Waals surface area contributed by atoms with E-state index in [1.165, 1.54) is 12.7 Å². The van der Waals surface area contributed by atoms with Crippen molar-refractivity contribution in [3.8, 4) is 5.75 Å². The van der Waals surface area contributed by atoms with Gasteiger partial charge in [-0.1, -0.05) is 13.3 Å². The van der Waals surface area contributed by atoms with Gasteiger partial charge in [0.1, 0.15) is 0 Å². The van der Waals surface area contributed by atoms with E-state index in [-0.39, 0.29) is 0 Å². The maximum Gasteiger partial charge on any atom is 0.513 e. The van der Waals surface area contributed by atoms with Gasteiger partial charge in [-0.2, -0.15) is 0 Å². The van der Waals surface area contributed by atoms with Crippen LogP contribution in [0.5, 0.6) is 5.75 Å². The van der Waals surface area contributed by atoms with E-state index in [0.717, 1.165) is 21.8 Å². The highest BCUT2D eigenvalue weighted by Gasteiger charge is 2.13. The van der Waals surface area contributed by atoms with Crippen molar-refractivity contribution in [3.05, 3.63) is 26.6 Å². The van der Waals surface area contributed by atoms with E-state index in [1.54, 1.807) is 0 Å². The Kier molecular flexibility index (Phi) is 5.28. The molecule has 16 heavy (non-hydrogen) atoms. The van der Waals surface area contributed by atoms with Crippen LogP contribution < -0.4 is 4.74 Å². The van der Waals surface area contributed by atoms with E-state index in [0.29, 0.717) is 5.75 Å². The summed E-state index contributed by atoms with van der Waals surface area (Å²) >= 11 is 6.73. The summed E-state index contributed by atoms with van der Waals surface area (Å²) < 4.78 is 10.9. The van der Waals surface area contributed by atoms with E-state index in [4.69, 9.17) is 4.74 Å². The first-order valence-electron chi connectivity index (χ1n) is 4.82. The van der Waals surface area contributed by atoms with Gasteiger partial charge in [0.25, 0.3) is 0 Å². The first kappa shape index (κ1) is 13.5. The van der Waals surface area contributed by atoms with Crippen LogP contribution in [0.1, 0.15) is 18.9 Å². The minimum Gasteiger partial charge on any atom is -0.437 e. The van der Waals surface area contributed by atoms with Gasteiger partial charge in [-0.3, -0.25) is 0 Å². The Bertz CT molecular complexity index is 368. The van der Waals surface area contributed by atoms with Crippen LogP contribution in [0.4, 0.5) is 4.79 Å². The molecule has 0 aliphatic heterocycles. The Hall–Kier alpha value is -0.550. The molecule has 0 amide bonds. The molecule has 1 rings (SSSR count). The molecule has 0 N–H and O–H groups in total. The average molecular weight is 352 g/mol. The van der Waals surface area contributed by atoms with Crippen LogP contribution in [0.2, 0.25) is 0 Å². The standard InChI is InChI=1S/C11H12Br2O3/c1-3-4-7-5-8(12)10(9(13)6-7)16-11(14)15-2/h5-6H,3-4H2,1-2H3. The van der Waals surface area contributed by atoms with Crippen LogP contribution in [0.3, 0.4) is 0 Å². The molecule has 0 fully saturated rings. The fourth-order valence-electron chi connectivity index (χ4n) is 1.27. The molecule has 0 aromatic heterocycles. The highest BCUT2D eigenvalue weighted by molar-refractivity contribution is 9.11. The lowest BCUT2D eigenvalue weighted by Gasteiger charge is -2.09. The molecular weight excluding hydrogens is 340 g/mol. The van der Waals surface area contributed by atoms with Crippen LogP contribution in [0, 0.1) is 0 Å². The lowest BCUT2D eigenvalue weighted by atomic mass is 10.1. The summed E-state index contributed by atoms with van der Waals surface area (Å²) in [7, 11) is 1.27. The van der Waals surface area contributed by atoms with Crippen LogP contribution in [0.15, 0.2) is 21.1 Å². The third-order valence-corrected chi connectivity index (χ3v) is 3.13. The number of benzene rings is 1. The molecular formula is C11H12Br2O3. The molecule has 0 bridgehead atoms. The lowest BCUT2D eigenvalue weighted by molar-refractivity contribution is 0.121. The van der Waals surface area contributed by atoms with Crippen LogP contribution in [0.25, 0.3) is 0 Å². The van der Waals surface area contributed by atoms with Gasteiger partial charge in [0.05, 0.1) is 16.1 Å². The van der Waals surface area contributed by atoms with Crippen molar-refractivity contribution in [2.45, 2.75) is 19.8 Å². The fraction of sp³-hybridized carbons (Fsp3) is 0.364. The monoisotopic (exact) mass is 350 g/mol. The summed E-state index contributed by atoms with van der Waals surface area (Å²) in [5.41, 5.74) is 1.18. The van der Waals surface area contributed by atoms with Crippen LogP contribution >= 0.6 is 31.9 Å². The third-order valence-electron chi connectivity index (χ3n) is 1.95. The third kappa shape index (κ3) is 3.49. The Labute approximate surface area is 111 Å². The van der Waals surface area contributed by atoms with Gasteiger partial charge < -0.3 is 9.47 Å². The zero-order valence-electron chi connectivity index (χ0n) is 9.05. The number of rotatable bonds is 3. The lowest BCUT2D eigenvalue weighted by Crippen LogP contribution is -2.08. The zero-order valence-corrected chi connectivity index (χ0v) is 12.2. The van der Waals surface area contributed by atoms with E-state index in [2.05, 4.69) is 43.5 Å². The van der Waals surface area contributed by atoms with Crippen molar-refractivity contribution >= 4 is 38.0 Å². The molecule has 0 aliphatic rings. The molecule has 0 heterocycles. The van der Waals surface area contributed by atoms with E-state index in [1.807, 2.05) is 12.1 Å². The quantitative estimate of drug-likeness (QED) is 0.601. The number of ether oxygens (including phenoxy) is 2. The summed E-state index contributed by atoms with van der Waals surface area (Å²) in [6.07, 6.45) is 1.32. The summed E-state index contributed by atoms with van der Waals surface area (Å²) in [6.45, 7) is 2.11. The Morgan fingerprint density at radius 3 is 2.31 bits per heavy atom. The molecule has 3 nitrogen and oxygen atoms in total. The van der Waals surface area contributed by atoms with Gasteiger partial charge in [0.2, 0.25) is 0 Å². The second kappa shape index (κ2) is 6.25. The van der Waals surface area contributed by atoms with Crippen molar-refractivity contribution < 1.29 is 14.3 Å². The Morgan fingerprint density at radius 1 is 1.31 bits per heavy atom. The number of carbonyl (C=O) groups excluding carboxylic acids is 1. The largest absolute Gasteiger partial charge is 0.513 e. The molecule has 88 valence electrons. The topological polar surface area (TPSA) is 35.5 Å². The highest BCUT2D eigenvalue weighted by atomic mass is 79.9. The molecule has 0 radical (unpaired) electrons. The van der Waals surface area contributed by atoms with Gasteiger partial charge in [-0.15, -0.1) is 0 Å².